The van der Waals surface area contributed by atoms with Gasteiger partial charge in [-0.25, -0.2) is 15.0 Å². The largest absolute Gasteiger partial charge is 0.364 e. The molecule has 1 aromatic carbocycles. The van der Waals surface area contributed by atoms with E-state index in [1.165, 1.54) is 0 Å². The Kier molecular flexibility index (Phi) is 1.93. The molecule has 2 heterocycles. The van der Waals surface area contributed by atoms with Gasteiger partial charge in [-0.05, 0) is 5.56 Å². The number of benzene rings is 1. The number of anilines is 1. The van der Waals surface area contributed by atoms with Crippen molar-refractivity contribution in [1.82, 2.24) is 19.9 Å². The topological polar surface area (TPSA) is 66.5 Å². The molecule has 0 fully saturated rings. The van der Waals surface area contributed by atoms with Crippen LogP contribution in [0, 0.1) is 0 Å². The highest BCUT2D eigenvalue weighted by Crippen LogP contribution is 2.15. The molecule has 0 radical (unpaired) electrons. The molecule has 3 aromatic rings. The Hall–Kier alpha value is -2.43. The lowest BCUT2D eigenvalue weighted by molar-refractivity contribution is 1.10. The molecular weight excluding hydrogens is 214 g/mol. The number of aromatic nitrogens is 4. The van der Waals surface area contributed by atoms with E-state index in [1.807, 2.05) is 30.3 Å². The molecule has 17 heavy (non-hydrogen) atoms. The smallest absolute Gasteiger partial charge is 0.182 e. The van der Waals surface area contributed by atoms with Gasteiger partial charge in [-0.2, -0.15) is 0 Å². The summed E-state index contributed by atoms with van der Waals surface area (Å²) < 4.78 is 15.0. The monoisotopic (exact) mass is 227 g/mol. The van der Waals surface area contributed by atoms with Crippen LogP contribution >= 0.6 is 0 Å². The van der Waals surface area contributed by atoms with Gasteiger partial charge in [-0.3, -0.25) is 0 Å². The fourth-order valence-corrected chi connectivity index (χ4v) is 1.58. The summed E-state index contributed by atoms with van der Waals surface area (Å²) in [5, 5.41) is 3.13. The van der Waals surface area contributed by atoms with Crippen LogP contribution in [0.15, 0.2) is 42.9 Å². The number of hydrogen-bond acceptors (Lipinski definition) is 4. The van der Waals surface area contributed by atoms with Crippen LogP contribution in [0.3, 0.4) is 0 Å². The van der Waals surface area contributed by atoms with Crippen molar-refractivity contribution in [2.45, 2.75) is 6.54 Å². The van der Waals surface area contributed by atoms with Crippen LogP contribution in [0.25, 0.3) is 11.2 Å². The lowest BCUT2D eigenvalue weighted by Gasteiger charge is -2.05. The van der Waals surface area contributed by atoms with Gasteiger partial charge in [0.15, 0.2) is 11.5 Å². The second-order valence-electron chi connectivity index (χ2n) is 3.56. The second kappa shape index (κ2) is 4.21. The van der Waals surface area contributed by atoms with Crippen molar-refractivity contribution in [3.8, 4) is 0 Å². The highest BCUT2D eigenvalue weighted by Gasteiger charge is 2.04. The zero-order chi connectivity index (χ0) is 13.2. The summed E-state index contributed by atoms with van der Waals surface area (Å²) in [7, 11) is 0. The summed E-state index contributed by atoms with van der Waals surface area (Å²) >= 11 is 0. The van der Waals surface area contributed by atoms with E-state index in [0.29, 0.717) is 23.5 Å². The Morgan fingerprint density at radius 1 is 1.18 bits per heavy atom. The molecule has 0 saturated heterocycles. The highest BCUT2D eigenvalue weighted by atomic mass is 15.1. The summed E-state index contributed by atoms with van der Waals surface area (Å²) in [4.78, 5) is 14.5. The van der Waals surface area contributed by atoms with E-state index in [0.717, 1.165) is 5.56 Å². The molecular formula is C12H11N5. The van der Waals surface area contributed by atoms with Crippen molar-refractivity contribution in [2.24, 2.45) is 0 Å². The maximum absolute atomic E-state index is 7.53. The van der Waals surface area contributed by atoms with Gasteiger partial charge in [0.1, 0.15) is 14.6 Å². The maximum Gasteiger partial charge on any atom is 0.182 e. The second-order valence-corrected chi connectivity index (χ2v) is 3.56. The molecule has 0 aliphatic heterocycles. The molecule has 5 heteroatoms. The number of hydrogen-bond donors (Lipinski definition) is 2. The first kappa shape index (κ1) is 7.78. The standard InChI is InChI=1S/C12H11N5/c1-2-4-9(5-3-1)6-13-11-10-12(15-7-14-10)17-8-16-11/h1-5,7-8H,6H2,(H2,13,14,15,16,17)/i7D,8D. The SMILES string of the molecule is [2H]c1nc(NCc2ccccc2)c2[nH]c([2H])nc2n1. The van der Waals surface area contributed by atoms with Crippen molar-refractivity contribution in [3.63, 3.8) is 0 Å². The summed E-state index contributed by atoms with van der Waals surface area (Å²) in [5.74, 6) is 0.491. The van der Waals surface area contributed by atoms with E-state index in [4.69, 9.17) is 2.74 Å². The molecule has 0 atom stereocenters. The number of imidazole rings is 1. The number of fused-ring (bicyclic) bond motifs is 1. The Bertz CT molecular complexity index is 711. The molecule has 3 rings (SSSR count). The van der Waals surface area contributed by atoms with E-state index in [2.05, 4.69) is 25.3 Å². The lowest BCUT2D eigenvalue weighted by Crippen LogP contribution is -2.02. The fourth-order valence-electron chi connectivity index (χ4n) is 1.58. The number of rotatable bonds is 3. The molecule has 0 unspecified atom stereocenters. The van der Waals surface area contributed by atoms with Crippen LogP contribution in [0.4, 0.5) is 5.82 Å². The van der Waals surface area contributed by atoms with Gasteiger partial charge in [0.2, 0.25) is 0 Å². The third-order valence-corrected chi connectivity index (χ3v) is 2.42. The molecule has 0 saturated carbocycles. The fraction of sp³-hybridized carbons (Fsp3) is 0.0833. The number of H-pyrrole nitrogens is 1. The van der Waals surface area contributed by atoms with Crippen molar-refractivity contribution >= 4 is 17.0 Å². The zero-order valence-corrected chi connectivity index (χ0v) is 8.94. The normalized spacial score (nSPS) is 12.2. The molecule has 84 valence electrons. The van der Waals surface area contributed by atoms with E-state index in [-0.39, 0.29) is 12.6 Å². The van der Waals surface area contributed by atoms with Gasteiger partial charge in [-0.1, -0.05) is 30.3 Å². The van der Waals surface area contributed by atoms with Gasteiger partial charge >= 0.3 is 0 Å². The lowest BCUT2D eigenvalue weighted by atomic mass is 10.2. The van der Waals surface area contributed by atoms with Crippen LogP contribution in [0.5, 0.6) is 0 Å². The Labute approximate surface area is 101 Å². The average Bonchev–Trinajstić information content (AvgIpc) is 2.77. The van der Waals surface area contributed by atoms with Gasteiger partial charge in [0.25, 0.3) is 0 Å². The minimum absolute atomic E-state index is 0.0117. The van der Waals surface area contributed by atoms with E-state index in [9.17, 15) is 0 Å². The predicted molar refractivity (Wildman–Crippen MR) is 65.5 cm³/mol. The van der Waals surface area contributed by atoms with Crippen LogP contribution in [0.1, 0.15) is 8.30 Å². The van der Waals surface area contributed by atoms with Gasteiger partial charge in [-0.15, -0.1) is 0 Å². The molecule has 0 spiro atoms. The Morgan fingerprint density at radius 3 is 2.94 bits per heavy atom. The molecule has 0 bridgehead atoms. The first-order valence-electron chi connectivity index (χ1n) is 6.21. The van der Waals surface area contributed by atoms with E-state index >= 15 is 0 Å². The average molecular weight is 227 g/mol. The van der Waals surface area contributed by atoms with Crippen molar-refractivity contribution in [3.05, 3.63) is 48.5 Å². The summed E-state index contributed by atoms with van der Waals surface area (Å²) in [6, 6.07) is 9.86. The Morgan fingerprint density at radius 2 is 2.06 bits per heavy atom. The molecule has 0 aliphatic carbocycles. The van der Waals surface area contributed by atoms with Crippen LogP contribution in [-0.2, 0) is 6.54 Å². The highest BCUT2D eigenvalue weighted by molar-refractivity contribution is 5.81. The first-order chi connectivity index (χ1) is 9.22. The molecule has 0 aliphatic rings. The first-order valence-corrected chi connectivity index (χ1v) is 5.21. The third kappa shape index (κ3) is 1.94. The molecule has 5 nitrogen and oxygen atoms in total. The quantitative estimate of drug-likeness (QED) is 0.717. The number of nitrogens with one attached hydrogen (secondary N) is 2. The number of aromatic amines is 1. The van der Waals surface area contributed by atoms with Crippen molar-refractivity contribution in [2.75, 3.05) is 5.32 Å². The maximum atomic E-state index is 7.53. The minimum Gasteiger partial charge on any atom is -0.364 e. The molecule has 2 aromatic heterocycles. The zero-order valence-electron chi connectivity index (χ0n) is 10.9. The minimum atomic E-state index is -0.116. The van der Waals surface area contributed by atoms with Gasteiger partial charge < -0.3 is 10.3 Å². The van der Waals surface area contributed by atoms with Gasteiger partial charge in [0.05, 0.1) is 6.30 Å². The van der Waals surface area contributed by atoms with Crippen LogP contribution < -0.4 is 5.32 Å². The van der Waals surface area contributed by atoms with Crippen molar-refractivity contribution in [1.29, 1.82) is 0 Å². The molecule has 0 amide bonds. The Balaban J connectivity index is 1.92. The third-order valence-electron chi connectivity index (χ3n) is 2.42. The number of nitrogens with zero attached hydrogens (tertiary/aromatic N) is 3. The van der Waals surface area contributed by atoms with E-state index in [1.54, 1.807) is 0 Å². The van der Waals surface area contributed by atoms with Gasteiger partial charge in [0, 0.05) is 6.54 Å². The van der Waals surface area contributed by atoms with Crippen LogP contribution in [-0.4, -0.2) is 19.9 Å². The van der Waals surface area contributed by atoms with Crippen LogP contribution in [0.2, 0.25) is 0 Å². The summed E-state index contributed by atoms with van der Waals surface area (Å²) in [6.45, 7) is 0.582. The summed E-state index contributed by atoms with van der Waals surface area (Å²) in [5.41, 5.74) is 1.99. The van der Waals surface area contributed by atoms with E-state index < -0.39 is 0 Å². The summed E-state index contributed by atoms with van der Waals surface area (Å²) in [6.07, 6.45) is -0.104. The predicted octanol–water partition coefficient (Wildman–Crippen LogP) is 1.96. The van der Waals surface area contributed by atoms with Crippen molar-refractivity contribution < 1.29 is 2.74 Å². The molecule has 2 N–H and O–H groups in total.